The van der Waals surface area contributed by atoms with E-state index in [2.05, 4.69) is 20.3 Å². The molecule has 0 aliphatic carbocycles. The number of carboxylic acids is 1. The lowest BCUT2D eigenvalue weighted by Crippen LogP contribution is -2.15. The Labute approximate surface area is 187 Å². The zero-order chi connectivity index (χ0) is 22.7. The van der Waals surface area contributed by atoms with Gasteiger partial charge in [0.25, 0.3) is 5.56 Å². The van der Waals surface area contributed by atoms with Crippen molar-refractivity contribution < 1.29 is 14.6 Å². The zero-order valence-corrected chi connectivity index (χ0v) is 18.2. The second kappa shape index (κ2) is 9.03. The number of benzene rings is 1. The molecule has 162 valence electrons. The average Bonchev–Trinajstić information content (AvgIpc) is 3.28. The number of aryl methyl sites for hydroxylation is 1. The second-order valence-corrected chi connectivity index (χ2v) is 7.88. The van der Waals surface area contributed by atoms with Crippen LogP contribution in [0.2, 0.25) is 0 Å². The summed E-state index contributed by atoms with van der Waals surface area (Å²) in [5, 5.41) is 15.1. The number of carboxylic acid groups (broad SMARTS) is 1. The van der Waals surface area contributed by atoms with Gasteiger partial charge in [0.15, 0.2) is 0 Å². The highest BCUT2D eigenvalue weighted by molar-refractivity contribution is 7.13. The Morgan fingerprint density at radius 3 is 2.72 bits per heavy atom. The third-order valence-corrected chi connectivity index (χ3v) is 5.78. The largest absolute Gasteiger partial charge is 0.497 e. The highest BCUT2D eigenvalue weighted by atomic mass is 32.1. The van der Waals surface area contributed by atoms with Crippen molar-refractivity contribution >= 4 is 23.1 Å². The zero-order valence-electron chi connectivity index (χ0n) is 17.4. The van der Waals surface area contributed by atoms with Gasteiger partial charge < -0.3 is 20.1 Å². The number of thiazole rings is 1. The van der Waals surface area contributed by atoms with E-state index in [4.69, 9.17) is 4.74 Å². The van der Waals surface area contributed by atoms with E-state index >= 15 is 0 Å². The topological polar surface area (TPSA) is 117 Å². The van der Waals surface area contributed by atoms with E-state index in [0.717, 1.165) is 16.9 Å². The SMILES string of the molecule is COc1ccc(CNc2cc(-c3nc(-c4cc(C(=O)O)c(C)[nH]c4=O)cs3)ccn2)cc1. The van der Waals surface area contributed by atoms with Crippen molar-refractivity contribution in [2.45, 2.75) is 13.5 Å². The maximum atomic E-state index is 12.4. The lowest BCUT2D eigenvalue weighted by Gasteiger charge is -2.07. The van der Waals surface area contributed by atoms with Crippen molar-refractivity contribution in [3.63, 3.8) is 0 Å². The molecular weight excluding hydrogens is 428 g/mol. The molecule has 8 nitrogen and oxygen atoms in total. The number of carbonyl (C=O) groups is 1. The van der Waals surface area contributed by atoms with E-state index in [1.54, 1.807) is 25.6 Å². The highest BCUT2D eigenvalue weighted by Crippen LogP contribution is 2.29. The second-order valence-electron chi connectivity index (χ2n) is 7.03. The molecule has 0 atom stereocenters. The summed E-state index contributed by atoms with van der Waals surface area (Å²) in [5.74, 6) is 0.393. The number of aromatic carboxylic acids is 1. The molecule has 0 saturated carbocycles. The smallest absolute Gasteiger partial charge is 0.337 e. The van der Waals surface area contributed by atoms with Crippen LogP contribution in [0.3, 0.4) is 0 Å². The van der Waals surface area contributed by atoms with Crippen LogP contribution < -0.4 is 15.6 Å². The van der Waals surface area contributed by atoms with Crippen LogP contribution in [0.25, 0.3) is 21.8 Å². The predicted molar refractivity (Wildman–Crippen MR) is 123 cm³/mol. The molecule has 3 heterocycles. The summed E-state index contributed by atoms with van der Waals surface area (Å²) < 4.78 is 5.17. The van der Waals surface area contributed by atoms with E-state index in [-0.39, 0.29) is 16.7 Å². The first kappa shape index (κ1) is 21.3. The standard InChI is InChI=1S/C23H20N4O4S/c1-13-17(23(29)30)10-18(21(28)26-13)19-12-32-22(27-19)15-7-8-24-20(9-15)25-11-14-3-5-16(31-2)6-4-14/h3-10,12H,11H2,1-2H3,(H,24,25)(H,26,28)(H,29,30). The van der Waals surface area contributed by atoms with Gasteiger partial charge in [-0.1, -0.05) is 12.1 Å². The molecule has 0 unspecified atom stereocenters. The molecule has 0 spiro atoms. The van der Waals surface area contributed by atoms with Crippen LogP contribution in [0.5, 0.6) is 5.75 Å². The summed E-state index contributed by atoms with van der Waals surface area (Å²) in [6.07, 6.45) is 1.69. The van der Waals surface area contributed by atoms with Crippen LogP contribution in [0.15, 0.2) is 58.8 Å². The molecule has 9 heteroatoms. The monoisotopic (exact) mass is 448 g/mol. The van der Waals surface area contributed by atoms with Gasteiger partial charge in [-0.25, -0.2) is 14.8 Å². The third-order valence-electron chi connectivity index (χ3n) is 4.89. The molecule has 0 radical (unpaired) electrons. The molecule has 3 N–H and O–H groups in total. The van der Waals surface area contributed by atoms with Gasteiger partial charge in [0.2, 0.25) is 0 Å². The van der Waals surface area contributed by atoms with E-state index in [0.29, 0.717) is 28.8 Å². The van der Waals surface area contributed by atoms with Gasteiger partial charge in [-0.2, -0.15) is 0 Å². The summed E-state index contributed by atoms with van der Waals surface area (Å²) in [6.45, 7) is 2.15. The fourth-order valence-electron chi connectivity index (χ4n) is 3.16. The highest BCUT2D eigenvalue weighted by Gasteiger charge is 2.16. The van der Waals surface area contributed by atoms with Gasteiger partial charge in [-0.15, -0.1) is 11.3 Å². The summed E-state index contributed by atoms with van der Waals surface area (Å²) in [7, 11) is 1.63. The molecule has 0 fully saturated rings. The Balaban J connectivity index is 1.55. The number of ether oxygens (including phenoxy) is 1. The number of aromatic nitrogens is 3. The lowest BCUT2D eigenvalue weighted by atomic mass is 10.1. The summed E-state index contributed by atoms with van der Waals surface area (Å²) in [5.41, 5.74) is 2.56. The maximum absolute atomic E-state index is 12.4. The minimum atomic E-state index is -1.10. The third kappa shape index (κ3) is 4.52. The Morgan fingerprint density at radius 1 is 1.22 bits per heavy atom. The van der Waals surface area contributed by atoms with Crippen molar-refractivity contribution in [2.75, 3.05) is 12.4 Å². The van der Waals surface area contributed by atoms with Crippen molar-refractivity contribution in [3.8, 4) is 27.6 Å². The van der Waals surface area contributed by atoms with E-state index in [1.165, 1.54) is 17.4 Å². The first-order chi connectivity index (χ1) is 15.4. The molecule has 0 aliphatic rings. The van der Waals surface area contributed by atoms with Crippen LogP contribution in [0, 0.1) is 6.92 Å². The Hall–Kier alpha value is -3.98. The van der Waals surface area contributed by atoms with Crippen LogP contribution >= 0.6 is 11.3 Å². The van der Waals surface area contributed by atoms with Gasteiger partial charge in [-0.05, 0) is 42.8 Å². The van der Waals surface area contributed by atoms with Crippen molar-refractivity contribution in [2.24, 2.45) is 0 Å². The van der Waals surface area contributed by atoms with Crippen molar-refractivity contribution in [3.05, 3.63) is 81.2 Å². The van der Waals surface area contributed by atoms with Crippen LogP contribution in [0.4, 0.5) is 5.82 Å². The number of hydrogen-bond donors (Lipinski definition) is 3. The molecule has 0 saturated heterocycles. The number of nitrogens with one attached hydrogen (secondary N) is 2. The number of methoxy groups -OCH3 is 1. The number of H-pyrrole nitrogens is 1. The number of pyridine rings is 2. The number of anilines is 1. The Bertz CT molecular complexity index is 1330. The molecular formula is C23H20N4O4S. The molecule has 4 rings (SSSR count). The number of hydrogen-bond acceptors (Lipinski definition) is 7. The Kier molecular flexibility index (Phi) is 6.00. The molecule has 4 aromatic rings. The normalized spacial score (nSPS) is 10.7. The first-order valence-electron chi connectivity index (χ1n) is 9.71. The predicted octanol–water partition coefficient (Wildman–Crippen LogP) is 4.19. The minimum Gasteiger partial charge on any atom is -0.497 e. The van der Waals surface area contributed by atoms with Gasteiger partial charge in [0, 0.05) is 29.4 Å². The van der Waals surface area contributed by atoms with E-state index in [1.807, 2.05) is 36.4 Å². The van der Waals surface area contributed by atoms with E-state index in [9.17, 15) is 14.7 Å². The molecule has 0 aliphatic heterocycles. The maximum Gasteiger partial charge on any atom is 0.337 e. The summed E-state index contributed by atoms with van der Waals surface area (Å²) in [4.78, 5) is 35.3. The molecule has 0 bridgehead atoms. The molecule has 32 heavy (non-hydrogen) atoms. The van der Waals surface area contributed by atoms with Gasteiger partial charge in [0.05, 0.1) is 23.9 Å². The van der Waals surface area contributed by atoms with Crippen molar-refractivity contribution in [1.82, 2.24) is 15.0 Å². The molecule has 3 aromatic heterocycles. The number of rotatable bonds is 7. The Morgan fingerprint density at radius 2 is 2.00 bits per heavy atom. The van der Waals surface area contributed by atoms with Gasteiger partial charge in [0.1, 0.15) is 16.6 Å². The van der Waals surface area contributed by atoms with E-state index < -0.39 is 5.97 Å². The fraction of sp³-hybridized carbons (Fsp3) is 0.130. The van der Waals surface area contributed by atoms with Gasteiger partial charge >= 0.3 is 5.97 Å². The summed E-state index contributed by atoms with van der Waals surface area (Å²) >= 11 is 1.37. The summed E-state index contributed by atoms with van der Waals surface area (Å²) in [6, 6.07) is 12.8. The fourth-order valence-corrected chi connectivity index (χ4v) is 3.98. The quantitative estimate of drug-likeness (QED) is 0.388. The van der Waals surface area contributed by atoms with Crippen LogP contribution in [-0.2, 0) is 6.54 Å². The van der Waals surface area contributed by atoms with Crippen molar-refractivity contribution in [1.29, 1.82) is 0 Å². The minimum absolute atomic E-state index is 0.0445. The average molecular weight is 449 g/mol. The molecule has 0 amide bonds. The first-order valence-corrected chi connectivity index (χ1v) is 10.6. The molecule has 1 aromatic carbocycles. The van der Waals surface area contributed by atoms with Crippen LogP contribution in [0.1, 0.15) is 21.6 Å². The number of nitrogens with zero attached hydrogens (tertiary/aromatic N) is 2. The van der Waals surface area contributed by atoms with Crippen LogP contribution in [-0.4, -0.2) is 33.1 Å². The lowest BCUT2D eigenvalue weighted by molar-refractivity contribution is 0.0695. The number of aromatic amines is 1. The van der Waals surface area contributed by atoms with Gasteiger partial charge in [-0.3, -0.25) is 4.79 Å².